The second kappa shape index (κ2) is 7.59. The number of aromatic amines is 1. The molecule has 2 heterocycles. The molecule has 1 aromatic heterocycles. The van der Waals surface area contributed by atoms with Crippen LogP contribution in [-0.4, -0.2) is 40.5 Å². The van der Waals surface area contributed by atoms with Crippen LogP contribution in [0, 0.1) is 0 Å². The van der Waals surface area contributed by atoms with Crippen molar-refractivity contribution in [1.82, 2.24) is 14.9 Å². The molecule has 1 aliphatic rings. The fourth-order valence-electron chi connectivity index (χ4n) is 4.09. The maximum absolute atomic E-state index is 12.8. The predicted octanol–water partition coefficient (Wildman–Crippen LogP) is 4.50. The van der Waals surface area contributed by atoms with Crippen LogP contribution in [0.2, 0.25) is 0 Å². The predicted molar refractivity (Wildman–Crippen MR) is 114 cm³/mol. The number of carbonyl (C=O) groups is 1. The van der Waals surface area contributed by atoms with Crippen LogP contribution in [0.3, 0.4) is 0 Å². The number of H-pyrrole nitrogens is 1. The van der Waals surface area contributed by atoms with Crippen molar-refractivity contribution in [3.05, 3.63) is 72.6 Å². The fourth-order valence-corrected chi connectivity index (χ4v) is 4.09. The molecule has 5 rings (SSSR count). The molecule has 5 heteroatoms. The number of nitrogens with zero attached hydrogens (tertiary/aromatic N) is 2. The second-order valence-corrected chi connectivity index (χ2v) is 7.62. The molecule has 1 amide bonds. The normalized spacial score (nSPS) is 17.0. The van der Waals surface area contributed by atoms with E-state index in [0.29, 0.717) is 6.54 Å². The van der Waals surface area contributed by atoms with Crippen LogP contribution in [0.4, 0.5) is 0 Å². The van der Waals surface area contributed by atoms with Gasteiger partial charge in [0.05, 0.1) is 11.0 Å². The van der Waals surface area contributed by atoms with Crippen molar-refractivity contribution in [2.45, 2.75) is 18.8 Å². The van der Waals surface area contributed by atoms with Gasteiger partial charge in [0.25, 0.3) is 5.91 Å². The first-order valence-corrected chi connectivity index (χ1v) is 10.1. The third-order valence-corrected chi connectivity index (χ3v) is 5.65. The number of nitrogens with one attached hydrogen (secondary N) is 1. The largest absolute Gasteiger partial charge is 0.484 e. The number of ether oxygens (including phenoxy) is 1. The molecule has 0 aliphatic carbocycles. The molecular weight excluding hydrogens is 362 g/mol. The number of rotatable bonds is 4. The Bertz CT molecular complexity index is 1130. The van der Waals surface area contributed by atoms with Gasteiger partial charge in [-0.2, -0.15) is 0 Å². The molecule has 1 unspecified atom stereocenters. The molecule has 0 radical (unpaired) electrons. The molecule has 5 nitrogen and oxygen atoms in total. The topological polar surface area (TPSA) is 58.2 Å². The Balaban J connectivity index is 1.24. The lowest BCUT2D eigenvalue weighted by Crippen LogP contribution is -2.41. The van der Waals surface area contributed by atoms with E-state index in [0.717, 1.165) is 52.8 Å². The summed E-state index contributed by atoms with van der Waals surface area (Å²) in [6.45, 7) is 1.52. The Kier molecular flexibility index (Phi) is 4.64. The van der Waals surface area contributed by atoms with Crippen molar-refractivity contribution in [3.63, 3.8) is 0 Å². The fraction of sp³-hybridized carbons (Fsp3) is 0.250. The first-order chi connectivity index (χ1) is 14.3. The molecule has 0 saturated carbocycles. The highest BCUT2D eigenvalue weighted by molar-refractivity contribution is 5.84. The summed E-state index contributed by atoms with van der Waals surface area (Å²) in [5, 5.41) is 2.27. The molecule has 4 aromatic rings. The number of benzene rings is 3. The lowest BCUT2D eigenvalue weighted by atomic mass is 9.97. The van der Waals surface area contributed by atoms with Crippen molar-refractivity contribution in [1.29, 1.82) is 0 Å². The number of hydrogen-bond donors (Lipinski definition) is 1. The van der Waals surface area contributed by atoms with Crippen LogP contribution in [-0.2, 0) is 4.79 Å². The van der Waals surface area contributed by atoms with E-state index in [4.69, 9.17) is 9.72 Å². The molecular formula is C24H23N3O2. The highest BCUT2D eigenvalue weighted by Gasteiger charge is 2.27. The van der Waals surface area contributed by atoms with E-state index in [2.05, 4.69) is 11.1 Å². The Labute approximate surface area is 169 Å². The summed E-state index contributed by atoms with van der Waals surface area (Å²) in [7, 11) is 0. The van der Waals surface area contributed by atoms with Crippen LogP contribution in [0.5, 0.6) is 5.75 Å². The Morgan fingerprint density at radius 3 is 2.79 bits per heavy atom. The highest BCUT2D eigenvalue weighted by atomic mass is 16.5. The van der Waals surface area contributed by atoms with Crippen molar-refractivity contribution >= 4 is 27.7 Å². The van der Waals surface area contributed by atoms with Gasteiger partial charge < -0.3 is 14.6 Å². The SMILES string of the molecule is O=C(COc1ccc2ccccc2c1)N1CCCC(c2nc3ccccc3[nH]2)C1. The molecule has 1 N–H and O–H groups in total. The number of aromatic nitrogens is 2. The summed E-state index contributed by atoms with van der Waals surface area (Å²) in [6.07, 6.45) is 2.01. The lowest BCUT2D eigenvalue weighted by molar-refractivity contribution is -0.134. The van der Waals surface area contributed by atoms with Crippen LogP contribution in [0.25, 0.3) is 21.8 Å². The van der Waals surface area contributed by atoms with E-state index in [1.165, 1.54) is 0 Å². The number of fused-ring (bicyclic) bond motifs is 2. The molecule has 146 valence electrons. The molecule has 0 spiro atoms. The first kappa shape index (κ1) is 17.7. The van der Waals surface area contributed by atoms with Crippen molar-refractivity contribution < 1.29 is 9.53 Å². The molecule has 29 heavy (non-hydrogen) atoms. The minimum atomic E-state index is 0.0268. The van der Waals surface area contributed by atoms with Crippen LogP contribution >= 0.6 is 0 Å². The summed E-state index contributed by atoms with van der Waals surface area (Å²) in [4.78, 5) is 22.8. The van der Waals surface area contributed by atoms with Crippen LogP contribution < -0.4 is 4.74 Å². The number of piperidine rings is 1. The molecule has 0 bridgehead atoms. The number of para-hydroxylation sites is 2. The van der Waals surface area contributed by atoms with Crippen molar-refractivity contribution in [3.8, 4) is 5.75 Å². The van der Waals surface area contributed by atoms with E-state index in [1.807, 2.05) is 65.6 Å². The second-order valence-electron chi connectivity index (χ2n) is 7.62. The van der Waals surface area contributed by atoms with Gasteiger partial charge in [-0.1, -0.05) is 42.5 Å². The maximum Gasteiger partial charge on any atom is 0.260 e. The summed E-state index contributed by atoms with van der Waals surface area (Å²) in [5.74, 6) is 1.96. The molecule has 3 aromatic carbocycles. The van der Waals surface area contributed by atoms with Crippen LogP contribution in [0.1, 0.15) is 24.6 Å². The lowest BCUT2D eigenvalue weighted by Gasteiger charge is -2.31. The van der Waals surface area contributed by atoms with Gasteiger partial charge in [-0.15, -0.1) is 0 Å². The quantitative estimate of drug-likeness (QED) is 0.563. The van der Waals surface area contributed by atoms with Gasteiger partial charge in [-0.3, -0.25) is 4.79 Å². The van der Waals surface area contributed by atoms with E-state index < -0.39 is 0 Å². The van der Waals surface area contributed by atoms with Gasteiger partial charge in [0.15, 0.2) is 6.61 Å². The number of amides is 1. The summed E-state index contributed by atoms with van der Waals surface area (Å²) < 4.78 is 5.80. The summed E-state index contributed by atoms with van der Waals surface area (Å²) in [5.41, 5.74) is 2.02. The number of hydrogen-bond acceptors (Lipinski definition) is 3. The van der Waals surface area contributed by atoms with Gasteiger partial charge in [-0.25, -0.2) is 4.98 Å². The molecule has 1 atom stereocenters. The standard InChI is InChI=1S/C24H23N3O2/c28-23(16-29-20-12-11-17-6-1-2-7-18(17)14-20)27-13-5-8-19(15-27)24-25-21-9-3-4-10-22(21)26-24/h1-4,6-7,9-12,14,19H,5,8,13,15-16H2,(H,25,26). The van der Waals surface area contributed by atoms with Gasteiger partial charge in [0.2, 0.25) is 0 Å². The van der Waals surface area contributed by atoms with Crippen LogP contribution in [0.15, 0.2) is 66.7 Å². The zero-order chi connectivity index (χ0) is 19.6. The number of carbonyl (C=O) groups excluding carboxylic acids is 1. The Hall–Kier alpha value is -3.34. The summed E-state index contributed by atoms with van der Waals surface area (Å²) >= 11 is 0. The zero-order valence-electron chi connectivity index (χ0n) is 16.2. The van der Waals surface area contributed by atoms with Crippen molar-refractivity contribution in [2.75, 3.05) is 19.7 Å². The highest BCUT2D eigenvalue weighted by Crippen LogP contribution is 2.27. The third kappa shape index (κ3) is 3.68. The Morgan fingerprint density at radius 2 is 1.90 bits per heavy atom. The average Bonchev–Trinajstić information content (AvgIpc) is 3.22. The maximum atomic E-state index is 12.8. The minimum absolute atomic E-state index is 0.0268. The first-order valence-electron chi connectivity index (χ1n) is 10.1. The van der Waals surface area contributed by atoms with E-state index in [1.54, 1.807) is 0 Å². The van der Waals surface area contributed by atoms with Gasteiger partial charge >= 0.3 is 0 Å². The van der Waals surface area contributed by atoms with Gasteiger partial charge in [0, 0.05) is 19.0 Å². The monoisotopic (exact) mass is 385 g/mol. The summed E-state index contributed by atoms with van der Waals surface area (Å²) in [6, 6.07) is 22.1. The van der Waals surface area contributed by atoms with Gasteiger partial charge in [0.1, 0.15) is 11.6 Å². The van der Waals surface area contributed by atoms with E-state index in [-0.39, 0.29) is 18.4 Å². The number of likely N-dealkylation sites (tertiary alicyclic amines) is 1. The third-order valence-electron chi connectivity index (χ3n) is 5.65. The molecule has 1 aliphatic heterocycles. The average molecular weight is 385 g/mol. The Morgan fingerprint density at radius 1 is 1.07 bits per heavy atom. The van der Waals surface area contributed by atoms with Crippen molar-refractivity contribution in [2.24, 2.45) is 0 Å². The molecule has 1 fully saturated rings. The zero-order valence-corrected chi connectivity index (χ0v) is 16.2. The number of imidazole rings is 1. The van der Waals surface area contributed by atoms with E-state index >= 15 is 0 Å². The van der Waals surface area contributed by atoms with E-state index in [9.17, 15) is 4.79 Å². The molecule has 1 saturated heterocycles. The smallest absolute Gasteiger partial charge is 0.260 e. The minimum Gasteiger partial charge on any atom is -0.484 e. The van der Waals surface area contributed by atoms with Gasteiger partial charge in [-0.05, 0) is 47.9 Å².